The van der Waals surface area contributed by atoms with E-state index in [9.17, 15) is 5.11 Å². The largest absolute Gasteiger partial charge is 0.396 e. The summed E-state index contributed by atoms with van der Waals surface area (Å²) in [6.07, 6.45) is 7.14. The molecule has 0 bridgehead atoms. The van der Waals surface area contributed by atoms with Crippen molar-refractivity contribution in [1.29, 1.82) is 0 Å². The Bertz CT molecular complexity index is 410. The van der Waals surface area contributed by atoms with Crippen LogP contribution < -0.4 is 11.1 Å². The van der Waals surface area contributed by atoms with Gasteiger partial charge in [-0.25, -0.2) is 9.97 Å². The zero-order valence-electron chi connectivity index (χ0n) is 11.6. The first-order valence-corrected chi connectivity index (χ1v) is 7.20. The van der Waals surface area contributed by atoms with Crippen molar-refractivity contribution in [1.82, 2.24) is 9.97 Å². The van der Waals surface area contributed by atoms with E-state index in [4.69, 9.17) is 5.73 Å². The molecule has 1 heterocycles. The predicted molar refractivity (Wildman–Crippen MR) is 76.8 cm³/mol. The zero-order valence-corrected chi connectivity index (χ0v) is 11.6. The quantitative estimate of drug-likeness (QED) is 0.755. The molecule has 1 aromatic heterocycles. The Morgan fingerprint density at radius 1 is 1.32 bits per heavy atom. The molecule has 1 fully saturated rings. The Balaban J connectivity index is 2.00. The van der Waals surface area contributed by atoms with Crippen LogP contribution in [0.15, 0.2) is 6.33 Å². The van der Waals surface area contributed by atoms with Gasteiger partial charge in [-0.2, -0.15) is 0 Å². The summed E-state index contributed by atoms with van der Waals surface area (Å²) in [5, 5.41) is 12.8. The first kappa shape index (κ1) is 14.1. The van der Waals surface area contributed by atoms with E-state index in [1.165, 1.54) is 25.6 Å². The monoisotopic (exact) mass is 264 g/mol. The van der Waals surface area contributed by atoms with Crippen LogP contribution in [0.2, 0.25) is 0 Å². The van der Waals surface area contributed by atoms with Crippen LogP contribution in [0.5, 0.6) is 0 Å². The van der Waals surface area contributed by atoms with Gasteiger partial charge in [-0.1, -0.05) is 19.8 Å². The lowest BCUT2D eigenvalue weighted by molar-refractivity contribution is 0.141. The second-order valence-electron chi connectivity index (χ2n) is 5.31. The summed E-state index contributed by atoms with van der Waals surface area (Å²) >= 11 is 0. The zero-order chi connectivity index (χ0) is 13.7. The molecule has 0 aromatic carbocycles. The number of nitrogens with two attached hydrogens (primary N) is 1. The highest BCUT2D eigenvalue weighted by Gasteiger charge is 2.24. The standard InChI is InChI=1S/C14H24N4O/c1-2-12-13(15)17-9-18-14(12)16-7-10-5-3-4-6-11(10)8-19/h9-11,19H,2-8H2,1H3,(H3,15,16,17,18). The number of hydrogen-bond donors (Lipinski definition) is 3. The smallest absolute Gasteiger partial charge is 0.134 e. The van der Waals surface area contributed by atoms with Gasteiger partial charge in [-0.05, 0) is 31.1 Å². The lowest BCUT2D eigenvalue weighted by atomic mass is 9.79. The fraction of sp³-hybridized carbons (Fsp3) is 0.714. The molecule has 4 N–H and O–H groups in total. The van der Waals surface area contributed by atoms with Crippen molar-refractivity contribution in [2.45, 2.75) is 39.0 Å². The predicted octanol–water partition coefficient (Wildman–Crippen LogP) is 1.83. The van der Waals surface area contributed by atoms with E-state index in [1.54, 1.807) is 0 Å². The molecule has 0 amide bonds. The highest BCUT2D eigenvalue weighted by atomic mass is 16.3. The van der Waals surface area contributed by atoms with Gasteiger partial charge in [0.05, 0.1) is 0 Å². The lowest BCUT2D eigenvalue weighted by Gasteiger charge is -2.30. The molecule has 0 aliphatic heterocycles. The Kier molecular flexibility index (Phi) is 4.96. The van der Waals surface area contributed by atoms with Gasteiger partial charge in [-0.15, -0.1) is 0 Å². The minimum absolute atomic E-state index is 0.291. The molecule has 2 atom stereocenters. The van der Waals surface area contributed by atoms with E-state index in [-0.39, 0.29) is 0 Å². The second-order valence-corrected chi connectivity index (χ2v) is 5.31. The third-order valence-corrected chi connectivity index (χ3v) is 4.16. The summed E-state index contributed by atoms with van der Waals surface area (Å²) in [6, 6.07) is 0. The fourth-order valence-corrected chi connectivity index (χ4v) is 2.95. The highest BCUT2D eigenvalue weighted by Crippen LogP contribution is 2.30. The van der Waals surface area contributed by atoms with Crippen LogP contribution in [0.4, 0.5) is 11.6 Å². The van der Waals surface area contributed by atoms with Crippen LogP contribution in [0.3, 0.4) is 0 Å². The van der Waals surface area contributed by atoms with E-state index in [0.29, 0.717) is 24.3 Å². The van der Waals surface area contributed by atoms with Crippen LogP contribution in [-0.4, -0.2) is 28.2 Å². The van der Waals surface area contributed by atoms with Crippen molar-refractivity contribution in [3.05, 3.63) is 11.9 Å². The SMILES string of the molecule is CCc1c(N)ncnc1NCC1CCCCC1CO. The van der Waals surface area contributed by atoms with Crippen molar-refractivity contribution in [2.24, 2.45) is 11.8 Å². The fourth-order valence-electron chi connectivity index (χ4n) is 2.95. The van der Waals surface area contributed by atoms with Crippen molar-refractivity contribution < 1.29 is 5.11 Å². The molecular weight excluding hydrogens is 240 g/mol. The minimum atomic E-state index is 0.291. The van der Waals surface area contributed by atoms with E-state index in [1.807, 2.05) is 0 Å². The molecule has 0 radical (unpaired) electrons. The van der Waals surface area contributed by atoms with Crippen molar-refractivity contribution in [3.63, 3.8) is 0 Å². The maximum absolute atomic E-state index is 9.43. The number of aromatic nitrogens is 2. The van der Waals surface area contributed by atoms with E-state index < -0.39 is 0 Å². The van der Waals surface area contributed by atoms with Gasteiger partial charge in [-0.3, -0.25) is 0 Å². The molecule has 1 saturated carbocycles. The average molecular weight is 264 g/mol. The van der Waals surface area contributed by atoms with Gasteiger partial charge in [0.2, 0.25) is 0 Å². The Morgan fingerprint density at radius 3 is 2.74 bits per heavy atom. The molecule has 5 nitrogen and oxygen atoms in total. The average Bonchev–Trinajstić information content (AvgIpc) is 2.45. The summed E-state index contributed by atoms with van der Waals surface area (Å²) in [7, 11) is 0. The summed E-state index contributed by atoms with van der Waals surface area (Å²) < 4.78 is 0. The van der Waals surface area contributed by atoms with Crippen molar-refractivity contribution in [2.75, 3.05) is 24.2 Å². The van der Waals surface area contributed by atoms with Gasteiger partial charge in [0.15, 0.2) is 0 Å². The van der Waals surface area contributed by atoms with Gasteiger partial charge in [0, 0.05) is 18.7 Å². The molecule has 1 aliphatic carbocycles. The van der Waals surface area contributed by atoms with E-state index >= 15 is 0 Å². The minimum Gasteiger partial charge on any atom is -0.396 e. The maximum Gasteiger partial charge on any atom is 0.134 e. The number of anilines is 2. The van der Waals surface area contributed by atoms with E-state index in [0.717, 1.165) is 30.8 Å². The number of aliphatic hydroxyl groups excluding tert-OH is 1. The summed E-state index contributed by atoms with van der Waals surface area (Å²) in [4.78, 5) is 8.30. The summed E-state index contributed by atoms with van der Waals surface area (Å²) in [5.41, 5.74) is 6.85. The summed E-state index contributed by atoms with van der Waals surface area (Å²) in [5.74, 6) is 2.35. The third kappa shape index (κ3) is 3.35. The summed E-state index contributed by atoms with van der Waals surface area (Å²) in [6.45, 7) is 3.20. The lowest BCUT2D eigenvalue weighted by Crippen LogP contribution is -2.29. The normalized spacial score (nSPS) is 23.3. The van der Waals surface area contributed by atoms with Crippen LogP contribution in [0.1, 0.15) is 38.2 Å². The third-order valence-electron chi connectivity index (χ3n) is 4.16. The molecule has 106 valence electrons. The number of nitrogens with one attached hydrogen (secondary N) is 1. The maximum atomic E-state index is 9.43. The Morgan fingerprint density at radius 2 is 2.05 bits per heavy atom. The number of rotatable bonds is 5. The van der Waals surface area contributed by atoms with E-state index in [2.05, 4.69) is 22.2 Å². The molecule has 1 aliphatic rings. The van der Waals surface area contributed by atoms with Gasteiger partial charge >= 0.3 is 0 Å². The molecule has 19 heavy (non-hydrogen) atoms. The van der Waals surface area contributed by atoms with Crippen molar-refractivity contribution >= 4 is 11.6 Å². The van der Waals surface area contributed by atoms with Crippen LogP contribution >= 0.6 is 0 Å². The molecule has 0 saturated heterocycles. The van der Waals surface area contributed by atoms with Crippen LogP contribution in [0, 0.1) is 11.8 Å². The van der Waals surface area contributed by atoms with Gasteiger partial charge in [0.1, 0.15) is 18.0 Å². The second kappa shape index (κ2) is 6.70. The molecular formula is C14H24N4O. The van der Waals surface area contributed by atoms with Gasteiger partial charge < -0.3 is 16.2 Å². The topological polar surface area (TPSA) is 84.1 Å². The Labute approximate surface area is 114 Å². The first-order valence-electron chi connectivity index (χ1n) is 7.20. The first-order chi connectivity index (χ1) is 9.26. The van der Waals surface area contributed by atoms with Crippen LogP contribution in [-0.2, 0) is 6.42 Å². The Hall–Kier alpha value is -1.36. The molecule has 0 spiro atoms. The number of aliphatic hydroxyl groups is 1. The molecule has 2 rings (SSSR count). The molecule has 2 unspecified atom stereocenters. The number of nitrogen functional groups attached to an aromatic ring is 1. The van der Waals surface area contributed by atoms with Gasteiger partial charge in [0.25, 0.3) is 0 Å². The number of hydrogen-bond acceptors (Lipinski definition) is 5. The molecule has 5 heteroatoms. The highest BCUT2D eigenvalue weighted by molar-refractivity contribution is 5.54. The molecule has 1 aromatic rings. The number of nitrogens with zero attached hydrogens (tertiary/aromatic N) is 2. The van der Waals surface area contributed by atoms with Crippen molar-refractivity contribution in [3.8, 4) is 0 Å². The van der Waals surface area contributed by atoms with Crippen LogP contribution in [0.25, 0.3) is 0 Å².